The minimum absolute atomic E-state index is 0.141. The molecule has 19 heavy (non-hydrogen) atoms. The van der Waals surface area contributed by atoms with Crippen LogP contribution in [0.2, 0.25) is 0 Å². The summed E-state index contributed by atoms with van der Waals surface area (Å²) in [5.41, 5.74) is 6.87. The highest BCUT2D eigenvalue weighted by molar-refractivity contribution is 7.99. The molecule has 6 nitrogen and oxygen atoms in total. The van der Waals surface area contributed by atoms with Gasteiger partial charge in [-0.3, -0.25) is 20.6 Å². The van der Waals surface area contributed by atoms with Crippen molar-refractivity contribution >= 4 is 29.3 Å². The maximum atomic E-state index is 11.7. The van der Waals surface area contributed by atoms with E-state index in [2.05, 4.69) is 22.9 Å². The summed E-state index contributed by atoms with van der Waals surface area (Å²) in [6.45, 7) is 2.15. The number of allylic oxidation sites excluding steroid dienone is 1. The topological polar surface area (TPSA) is 116 Å². The third-order valence-corrected chi connectivity index (χ3v) is 2.59. The smallest absolute Gasteiger partial charge is 0.267 e. The van der Waals surface area contributed by atoms with E-state index in [4.69, 9.17) is 16.6 Å². The lowest BCUT2D eigenvalue weighted by Crippen LogP contribution is -2.29. The summed E-state index contributed by atoms with van der Waals surface area (Å²) in [7, 11) is 0. The van der Waals surface area contributed by atoms with Gasteiger partial charge in [0, 0.05) is 6.20 Å². The van der Waals surface area contributed by atoms with E-state index in [9.17, 15) is 4.79 Å². The number of aryl methyl sites for hydroxylation is 1. The Labute approximate surface area is 116 Å². The molecule has 0 aliphatic heterocycles. The number of thiol groups is 1. The van der Waals surface area contributed by atoms with Crippen LogP contribution >= 0.6 is 12.6 Å². The highest BCUT2D eigenvalue weighted by Crippen LogP contribution is 2.02. The molecule has 0 atom stereocenters. The van der Waals surface area contributed by atoms with Crippen LogP contribution in [0.1, 0.15) is 11.3 Å². The van der Waals surface area contributed by atoms with E-state index in [0.29, 0.717) is 0 Å². The van der Waals surface area contributed by atoms with Crippen LogP contribution in [0, 0.1) is 17.7 Å². The van der Waals surface area contributed by atoms with Gasteiger partial charge in [-0.2, -0.15) is 0 Å². The number of carbonyl (C=O) groups is 1. The van der Waals surface area contributed by atoms with Gasteiger partial charge in [0.1, 0.15) is 5.04 Å². The lowest BCUT2D eigenvalue weighted by molar-refractivity contribution is -0.117. The second-order valence-corrected chi connectivity index (χ2v) is 4.26. The van der Waals surface area contributed by atoms with E-state index < -0.39 is 5.91 Å². The Morgan fingerprint density at radius 2 is 2.26 bits per heavy atom. The van der Waals surface area contributed by atoms with Crippen LogP contribution in [0.25, 0.3) is 0 Å². The number of rotatable bonds is 5. The molecule has 0 aliphatic carbocycles. The molecule has 100 valence electrons. The first kappa shape index (κ1) is 14.9. The average molecular weight is 277 g/mol. The van der Waals surface area contributed by atoms with Gasteiger partial charge in [0.2, 0.25) is 0 Å². The fraction of sp³-hybridized carbons (Fsp3) is 0.167. The Kier molecular flexibility index (Phi) is 5.25. The van der Waals surface area contributed by atoms with Crippen LogP contribution in [0.5, 0.6) is 0 Å². The summed E-state index contributed by atoms with van der Waals surface area (Å²) >= 11 is 3.68. The van der Waals surface area contributed by atoms with Crippen molar-refractivity contribution in [1.29, 1.82) is 10.8 Å². The Morgan fingerprint density at radius 3 is 2.84 bits per heavy atom. The number of hydrogen-bond acceptors (Lipinski definition) is 5. The quantitative estimate of drug-likeness (QED) is 0.237. The number of pyridine rings is 1. The molecule has 1 amide bonds. The molecular weight excluding hydrogens is 262 g/mol. The first-order valence-corrected chi connectivity index (χ1v) is 5.89. The van der Waals surface area contributed by atoms with Crippen molar-refractivity contribution in [3.63, 3.8) is 0 Å². The van der Waals surface area contributed by atoms with E-state index in [0.717, 1.165) is 17.3 Å². The molecule has 0 radical (unpaired) electrons. The van der Waals surface area contributed by atoms with E-state index in [1.807, 2.05) is 19.1 Å². The molecule has 5 N–H and O–H groups in total. The largest absolute Gasteiger partial charge is 0.394 e. The first-order chi connectivity index (χ1) is 8.91. The van der Waals surface area contributed by atoms with Gasteiger partial charge in [-0.15, -0.1) is 12.6 Å². The number of nitrogens with one attached hydrogen (secondary N) is 3. The van der Waals surface area contributed by atoms with Crippen molar-refractivity contribution < 1.29 is 4.79 Å². The van der Waals surface area contributed by atoms with E-state index in [-0.39, 0.29) is 23.0 Å². The molecule has 0 bridgehead atoms. The summed E-state index contributed by atoms with van der Waals surface area (Å²) in [6.07, 6.45) is 2.74. The normalized spacial score (nSPS) is 10.9. The van der Waals surface area contributed by atoms with Gasteiger partial charge in [0.05, 0.1) is 23.6 Å². The molecule has 1 aromatic heterocycles. The zero-order valence-corrected chi connectivity index (χ0v) is 11.3. The standard InChI is InChI=1S/C12H15N5OS/c1-7-3-2-4-16-10(7)6-17-12(18)9(14)5-8(13)11(15)19/h2-5,13H,6,14H2,1H3,(H2,15,19)(H,17,18)/b9-5-,13-8?. The maximum absolute atomic E-state index is 11.7. The van der Waals surface area contributed by atoms with Gasteiger partial charge in [0.15, 0.2) is 0 Å². The summed E-state index contributed by atoms with van der Waals surface area (Å²) in [6, 6.07) is 3.71. The van der Waals surface area contributed by atoms with Gasteiger partial charge in [-0.05, 0) is 24.6 Å². The van der Waals surface area contributed by atoms with Gasteiger partial charge >= 0.3 is 0 Å². The number of hydrogen-bond donors (Lipinski definition) is 5. The molecule has 0 unspecified atom stereocenters. The molecule has 1 aromatic rings. The molecule has 1 heterocycles. The molecule has 0 saturated carbocycles. The molecular formula is C12H15N5OS. The zero-order chi connectivity index (χ0) is 14.4. The van der Waals surface area contributed by atoms with E-state index in [1.165, 1.54) is 0 Å². The lowest BCUT2D eigenvalue weighted by atomic mass is 10.2. The van der Waals surface area contributed by atoms with Gasteiger partial charge in [-0.1, -0.05) is 6.07 Å². The number of carbonyl (C=O) groups excluding carboxylic acids is 1. The number of amides is 1. The maximum Gasteiger partial charge on any atom is 0.267 e. The summed E-state index contributed by atoms with van der Waals surface area (Å²) in [5, 5.41) is 16.8. The number of nitrogens with two attached hydrogens (primary N) is 1. The third kappa shape index (κ3) is 4.55. The Hall–Kier alpha value is -2.15. The van der Waals surface area contributed by atoms with Crippen LogP contribution in [0.4, 0.5) is 0 Å². The predicted octanol–water partition coefficient (Wildman–Crippen LogP) is 0.776. The number of nitrogens with zero attached hydrogens (tertiary/aromatic N) is 1. The first-order valence-electron chi connectivity index (χ1n) is 5.44. The molecule has 1 rings (SSSR count). The van der Waals surface area contributed by atoms with Gasteiger partial charge in [-0.25, -0.2) is 0 Å². The highest BCUT2D eigenvalue weighted by Gasteiger charge is 2.08. The van der Waals surface area contributed by atoms with E-state index in [1.54, 1.807) is 6.20 Å². The second-order valence-electron chi connectivity index (χ2n) is 3.81. The van der Waals surface area contributed by atoms with Crippen molar-refractivity contribution in [2.24, 2.45) is 5.73 Å². The van der Waals surface area contributed by atoms with Crippen LogP contribution in [-0.2, 0) is 11.3 Å². The summed E-state index contributed by atoms with van der Waals surface area (Å²) < 4.78 is 0. The van der Waals surface area contributed by atoms with Crippen LogP contribution < -0.4 is 11.1 Å². The van der Waals surface area contributed by atoms with Crippen molar-refractivity contribution in [1.82, 2.24) is 10.3 Å². The lowest BCUT2D eigenvalue weighted by Gasteiger charge is -2.07. The highest BCUT2D eigenvalue weighted by atomic mass is 32.1. The molecule has 0 aliphatic rings. The Balaban J connectivity index is 2.64. The van der Waals surface area contributed by atoms with Crippen LogP contribution in [-0.4, -0.2) is 21.6 Å². The minimum atomic E-state index is -0.510. The molecule has 0 saturated heterocycles. The minimum Gasteiger partial charge on any atom is -0.394 e. The Morgan fingerprint density at radius 1 is 1.58 bits per heavy atom. The van der Waals surface area contributed by atoms with E-state index >= 15 is 0 Å². The fourth-order valence-electron chi connectivity index (χ4n) is 1.26. The molecule has 0 spiro atoms. The van der Waals surface area contributed by atoms with Gasteiger partial charge < -0.3 is 11.1 Å². The Bertz CT molecular complexity index is 553. The SMILES string of the molecule is Cc1cccnc1CNC(=O)/C(N)=C/C(=N)C(=N)S. The number of aromatic nitrogens is 1. The molecule has 7 heteroatoms. The second kappa shape index (κ2) is 6.69. The molecule has 0 fully saturated rings. The summed E-state index contributed by atoms with van der Waals surface area (Å²) in [5.74, 6) is -0.510. The summed E-state index contributed by atoms with van der Waals surface area (Å²) in [4.78, 5) is 15.8. The van der Waals surface area contributed by atoms with Crippen LogP contribution in [0.3, 0.4) is 0 Å². The van der Waals surface area contributed by atoms with Gasteiger partial charge in [0.25, 0.3) is 5.91 Å². The fourth-order valence-corrected chi connectivity index (χ4v) is 1.32. The van der Waals surface area contributed by atoms with Crippen molar-refractivity contribution in [3.8, 4) is 0 Å². The zero-order valence-electron chi connectivity index (χ0n) is 10.4. The monoisotopic (exact) mass is 277 g/mol. The van der Waals surface area contributed by atoms with Crippen LogP contribution in [0.15, 0.2) is 30.1 Å². The van der Waals surface area contributed by atoms with Crippen molar-refractivity contribution in [3.05, 3.63) is 41.4 Å². The molecule has 0 aromatic carbocycles. The third-order valence-electron chi connectivity index (χ3n) is 2.35. The van der Waals surface area contributed by atoms with Crippen molar-refractivity contribution in [2.45, 2.75) is 13.5 Å². The predicted molar refractivity (Wildman–Crippen MR) is 77.5 cm³/mol. The average Bonchev–Trinajstić information content (AvgIpc) is 2.37. The van der Waals surface area contributed by atoms with Crippen molar-refractivity contribution in [2.75, 3.05) is 0 Å².